The minimum absolute atomic E-state index is 0.000300. The molecule has 0 aliphatic carbocycles. The molecule has 0 unspecified atom stereocenters. The van der Waals surface area contributed by atoms with Gasteiger partial charge in [0.2, 0.25) is 11.8 Å². The summed E-state index contributed by atoms with van der Waals surface area (Å²) in [4.78, 5) is 39.7. The summed E-state index contributed by atoms with van der Waals surface area (Å²) in [6.45, 7) is 5.95. The Bertz CT molecular complexity index is 710. The highest BCUT2D eigenvalue weighted by molar-refractivity contribution is 6.00. The average molecular weight is 371 g/mol. The van der Waals surface area contributed by atoms with Crippen LogP contribution in [0.1, 0.15) is 19.3 Å². The fourth-order valence-corrected chi connectivity index (χ4v) is 3.38. The largest absolute Gasteiger partial charge is 0.484 e. The number of nitrogens with one attached hydrogen (secondary N) is 1. The van der Waals surface area contributed by atoms with E-state index in [9.17, 15) is 14.4 Å². The Labute approximate surface area is 159 Å². The highest BCUT2D eigenvalue weighted by Gasteiger charge is 2.34. The molecule has 1 aromatic carbocycles. The SMILES string of the molecule is C=CCNC(=O)[C@H]1CC(=O)N(c2ccc(OCC(=O)N3CCCC3)cc2)C1. The molecule has 144 valence electrons. The summed E-state index contributed by atoms with van der Waals surface area (Å²) in [6, 6.07) is 7.03. The summed E-state index contributed by atoms with van der Waals surface area (Å²) < 4.78 is 5.56. The summed E-state index contributed by atoms with van der Waals surface area (Å²) in [5.74, 6) is 0.0158. The Kier molecular flexibility index (Phi) is 6.11. The first kappa shape index (κ1) is 18.9. The quantitative estimate of drug-likeness (QED) is 0.734. The second kappa shape index (κ2) is 8.70. The van der Waals surface area contributed by atoms with E-state index >= 15 is 0 Å². The van der Waals surface area contributed by atoms with Crippen molar-refractivity contribution >= 4 is 23.4 Å². The molecule has 7 heteroatoms. The number of likely N-dealkylation sites (tertiary alicyclic amines) is 1. The van der Waals surface area contributed by atoms with Crippen LogP contribution in [-0.4, -0.2) is 55.4 Å². The predicted octanol–water partition coefficient (Wildman–Crippen LogP) is 1.34. The molecule has 2 aliphatic heterocycles. The number of carbonyl (C=O) groups excluding carboxylic acids is 3. The standard InChI is InChI=1S/C20H25N3O4/c1-2-9-21-20(26)15-12-18(24)23(13-15)16-5-7-17(8-6-16)27-14-19(25)22-10-3-4-11-22/h2,5-8,15H,1,3-4,9-14H2,(H,21,26)/t15-/m0/s1. The zero-order valence-corrected chi connectivity index (χ0v) is 15.4. The third-order valence-corrected chi connectivity index (χ3v) is 4.89. The van der Waals surface area contributed by atoms with Crippen molar-refractivity contribution in [1.82, 2.24) is 10.2 Å². The fraction of sp³-hybridized carbons (Fsp3) is 0.450. The van der Waals surface area contributed by atoms with Crippen molar-refractivity contribution in [2.24, 2.45) is 5.92 Å². The van der Waals surface area contributed by atoms with E-state index < -0.39 is 0 Å². The van der Waals surface area contributed by atoms with Crippen LogP contribution >= 0.6 is 0 Å². The zero-order chi connectivity index (χ0) is 19.2. The number of benzene rings is 1. The van der Waals surface area contributed by atoms with E-state index in [1.807, 2.05) is 4.90 Å². The molecule has 1 N–H and O–H groups in total. The van der Waals surface area contributed by atoms with Gasteiger partial charge in [-0.05, 0) is 37.1 Å². The Morgan fingerprint density at radius 1 is 1.22 bits per heavy atom. The molecular formula is C20H25N3O4. The van der Waals surface area contributed by atoms with Crippen molar-refractivity contribution in [3.8, 4) is 5.75 Å². The molecule has 0 bridgehead atoms. The Morgan fingerprint density at radius 3 is 2.59 bits per heavy atom. The molecule has 3 amide bonds. The average Bonchev–Trinajstić information content (AvgIpc) is 3.34. The number of carbonyl (C=O) groups is 3. The first-order valence-electron chi connectivity index (χ1n) is 9.28. The van der Waals surface area contributed by atoms with Gasteiger partial charge in [-0.1, -0.05) is 6.08 Å². The summed E-state index contributed by atoms with van der Waals surface area (Å²) in [7, 11) is 0. The second-order valence-electron chi connectivity index (χ2n) is 6.81. The summed E-state index contributed by atoms with van der Waals surface area (Å²) in [5, 5.41) is 2.73. The third-order valence-electron chi connectivity index (χ3n) is 4.89. The maximum Gasteiger partial charge on any atom is 0.260 e. The predicted molar refractivity (Wildman–Crippen MR) is 101 cm³/mol. The van der Waals surface area contributed by atoms with Gasteiger partial charge in [0, 0.05) is 38.3 Å². The van der Waals surface area contributed by atoms with Gasteiger partial charge in [0.1, 0.15) is 5.75 Å². The second-order valence-corrected chi connectivity index (χ2v) is 6.81. The third kappa shape index (κ3) is 4.67. The van der Waals surface area contributed by atoms with E-state index in [1.54, 1.807) is 35.2 Å². The van der Waals surface area contributed by atoms with Gasteiger partial charge in [-0.3, -0.25) is 14.4 Å². The number of amides is 3. The van der Waals surface area contributed by atoms with Gasteiger partial charge in [0.05, 0.1) is 5.92 Å². The molecule has 2 heterocycles. The fourth-order valence-electron chi connectivity index (χ4n) is 3.38. The minimum Gasteiger partial charge on any atom is -0.484 e. The van der Waals surface area contributed by atoms with Gasteiger partial charge in [-0.25, -0.2) is 0 Å². The van der Waals surface area contributed by atoms with Crippen LogP contribution in [-0.2, 0) is 14.4 Å². The zero-order valence-electron chi connectivity index (χ0n) is 15.4. The molecule has 0 radical (unpaired) electrons. The van der Waals surface area contributed by atoms with Crippen LogP contribution in [0.25, 0.3) is 0 Å². The lowest BCUT2D eigenvalue weighted by Crippen LogP contribution is -2.33. The smallest absolute Gasteiger partial charge is 0.260 e. The monoisotopic (exact) mass is 371 g/mol. The van der Waals surface area contributed by atoms with Crippen molar-refractivity contribution in [3.63, 3.8) is 0 Å². The van der Waals surface area contributed by atoms with Gasteiger partial charge in [-0.15, -0.1) is 6.58 Å². The van der Waals surface area contributed by atoms with Crippen molar-refractivity contribution in [1.29, 1.82) is 0 Å². The number of hydrogen-bond acceptors (Lipinski definition) is 4. The van der Waals surface area contributed by atoms with E-state index in [0.29, 0.717) is 18.8 Å². The number of ether oxygens (including phenoxy) is 1. The van der Waals surface area contributed by atoms with Crippen molar-refractivity contribution in [2.75, 3.05) is 37.7 Å². The molecule has 1 aromatic rings. The van der Waals surface area contributed by atoms with E-state index in [2.05, 4.69) is 11.9 Å². The van der Waals surface area contributed by atoms with Crippen LogP contribution in [0.5, 0.6) is 5.75 Å². The molecule has 2 fully saturated rings. The lowest BCUT2D eigenvalue weighted by molar-refractivity contribution is -0.132. The number of nitrogens with zero attached hydrogens (tertiary/aromatic N) is 2. The molecule has 27 heavy (non-hydrogen) atoms. The van der Waals surface area contributed by atoms with Crippen LogP contribution in [0, 0.1) is 5.92 Å². The molecule has 7 nitrogen and oxygen atoms in total. The topological polar surface area (TPSA) is 79.0 Å². The molecule has 2 saturated heterocycles. The normalized spacial score (nSPS) is 19.3. The highest BCUT2D eigenvalue weighted by atomic mass is 16.5. The lowest BCUT2D eigenvalue weighted by atomic mass is 10.1. The maximum absolute atomic E-state index is 12.3. The molecule has 0 aromatic heterocycles. The molecule has 0 spiro atoms. The van der Waals surface area contributed by atoms with Gasteiger partial charge in [-0.2, -0.15) is 0 Å². The first-order valence-corrected chi connectivity index (χ1v) is 9.28. The van der Waals surface area contributed by atoms with E-state index in [4.69, 9.17) is 4.74 Å². The molecule has 2 aliphatic rings. The number of anilines is 1. The Balaban J connectivity index is 1.53. The van der Waals surface area contributed by atoms with E-state index in [-0.39, 0.29) is 36.7 Å². The number of rotatable bonds is 7. The van der Waals surface area contributed by atoms with Crippen LogP contribution in [0.3, 0.4) is 0 Å². The van der Waals surface area contributed by atoms with Crippen LogP contribution in [0.2, 0.25) is 0 Å². The molecule has 0 saturated carbocycles. The minimum atomic E-state index is -0.355. The summed E-state index contributed by atoms with van der Waals surface area (Å²) in [5.41, 5.74) is 0.720. The highest BCUT2D eigenvalue weighted by Crippen LogP contribution is 2.27. The van der Waals surface area contributed by atoms with Gasteiger partial charge < -0.3 is 19.9 Å². The molecular weight excluding hydrogens is 346 g/mol. The molecule has 1 atom stereocenters. The van der Waals surface area contributed by atoms with Crippen molar-refractivity contribution in [2.45, 2.75) is 19.3 Å². The van der Waals surface area contributed by atoms with Crippen LogP contribution in [0.15, 0.2) is 36.9 Å². The first-order chi connectivity index (χ1) is 13.1. The van der Waals surface area contributed by atoms with Gasteiger partial charge in [0.25, 0.3) is 5.91 Å². The lowest BCUT2D eigenvalue weighted by Gasteiger charge is -2.18. The summed E-state index contributed by atoms with van der Waals surface area (Å²) >= 11 is 0. The van der Waals surface area contributed by atoms with E-state index in [0.717, 1.165) is 31.6 Å². The van der Waals surface area contributed by atoms with Crippen molar-refractivity contribution in [3.05, 3.63) is 36.9 Å². The van der Waals surface area contributed by atoms with Gasteiger partial charge >= 0.3 is 0 Å². The van der Waals surface area contributed by atoms with Crippen LogP contribution in [0.4, 0.5) is 5.69 Å². The summed E-state index contributed by atoms with van der Waals surface area (Å²) in [6.07, 6.45) is 3.92. The van der Waals surface area contributed by atoms with E-state index in [1.165, 1.54) is 0 Å². The van der Waals surface area contributed by atoms with Gasteiger partial charge in [0.15, 0.2) is 6.61 Å². The Morgan fingerprint density at radius 2 is 1.93 bits per heavy atom. The maximum atomic E-state index is 12.3. The Hall–Kier alpha value is -2.83. The molecule has 3 rings (SSSR count). The number of hydrogen-bond donors (Lipinski definition) is 1. The van der Waals surface area contributed by atoms with Crippen molar-refractivity contribution < 1.29 is 19.1 Å². The van der Waals surface area contributed by atoms with Crippen LogP contribution < -0.4 is 15.0 Å².